The fraction of sp³-hybridized carbons (Fsp3) is 0.391. The zero-order valence-electron chi connectivity index (χ0n) is 19.0. The smallest absolute Gasteiger partial charge is 0.244 e. The summed E-state index contributed by atoms with van der Waals surface area (Å²) in [5.41, 5.74) is 0.614. The largest absolute Gasteiger partial charge is 0.350 e. The molecule has 0 aromatic heterocycles. The highest BCUT2D eigenvalue weighted by molar-refractivity contribution is 7.92. The van der Waals surface area contributed by atoms with E-state index >= 15 is 0 Å². The molecule has 1 N–H and O–H groups in total. The third-order valence-electron chi connectivity index (χ3n) is 4.63. The minimum Gasteiger partial charge on any atom is -0.350 e. The van der Waals surface area contributed by atoms with Gasteiger partial charge in [0.1, 0.15) is 12.6 Å². The number of anilines is 1. The number of nitrogens with zero attached hydrogens (tertiary/aromatic N) is 2. The summed E-state index contributed by atoms with van der Waals surface area (Å²) < 4.78 is 25.9. The van der Waals surface area contributed by atoms with Crippen LogP contribution in [0.2, 0.25) is 5.02 Å². The van der Waals surface area contributed by atoms with Crippen molar-refractivity contribution in [1.82, 2.24) is 10.2 Å². The van der Waals surface area contributed by atoms with Crippen LogP contribution in [0.4, 0.5) is 5.69 Å². The number of para-hydroxylation sites is 1. The van der Waals surface area contributed by atoms with Crippen LogP contribution < -0.4 is 9.62 Å². The summed E-state index contributed by atoms with van der Waals surface area (Å²) in [5, 5.41) is 3.38. The van der Waals surface area contributed by atoms with E-state index in [9.17, 15) is 18.0 Å². The van der Waals surface area contributed by atoms with Crippen LogP contribution in [-0.2, 0) is 26.2 Å². The monoisotopic (exact) mass is 479 g/mol. The summed E-state index contributed by atoms with van der Waals surface area (Å²) in [4.78, 5) is 27.6. The highest BCUT2D eigenvalue weighted by atomic mass is 35.5. The second-order valence-corrected chi connectivity index (χ2v) is 11.0. The first kappa shape index (κ1) is 25.7. The molecule has 0 fully saturated rings. The van der Waals surface area contributed by atoms with Crippen molar-refractivity contribution in [2.45, 2.75) is 45.8 Å². The number of hydrogen-bond donors (Lipinski definition) is 1. The van der Waals surface area contributed by atoms with E-state index in [1.807, 2.05) is 20.8 Å². The zero-order valence-corrected chi connectivity index (χ0v) is 20.6. The zero-order chi connectivity index (χ0) is 24.1. The third-order valence-corrected chi connectivity index (χ3v) is 6.01. The van der Waals surface area contributed by atoms with Crippen LogP contribution in [0.25, 0.3) is 0 Å². The molecule has 0 aliphatic carbocycles. The van der Waals surface area contributed by atoms with Gasteiger partial charge in [-0.15, -0.1) is 0 Å². The highest BCUT2D eigenvalue weighted by Gasteiger charge is 2.31. The number of rotatable bonds is 8. The first-order valence-corrected chi connectivity index (χ1v) is 12.4. The Bertz CT molecular complexity index is 1050. The Kier molecular flexibility index (Phi) is 8.31. The van der Waals surface area contributed by atoms with Gasteiger partial charge in [-0.05, 0) is 57.5 Å². The fourth-order valence-electron chi connectivity index (χ4n) is 3.10. The molecular formula is C23H30ClN3O4S. The lowest BCUT2D eigenvalue weighted by Crippen LogP contribution is -2.54. The summed E-state index contributed by atoms with van der Waals surface area (Å²) in [6.07, 6.45) is 1.05. The molecule has 2 amide bonds. The van der Waals surface area contributed by atoms with Crippen LogP contribution in [-0.4, -0.2) is 49.5 Å². The molecule has 2 rings (SSSR count). The topological polar surface area (TPSA) is 86.8 Å². The van der Waals surface area contributed by atoms with E-state index in [4.69, 9.17) is 11.6 Å². The number of nitrogens with one attached hydrogen (secondary N) is 1. The molecule has 9 heteroatoms. The van der Waals surface area contributed by atoms with Crippen molar-refractivity contribution in [2.75, 3.05) is 17.1 Å². The van der Waals surface area contributed by atoms with Crippen molar-refractivity contribution >= 4 is 39.1 Å². The van der Waals surface area contributed by atoms with Gasteiger partial charge in [-0.1, -0.05) is 41.9 Å². The average Bonchev–Trinajstić information content (AvgIpc) is 2.68. The maximum Gasteiger partial charge on any atom is 0.244 e. The van der Waals surface area contributed by atoms with Crippen molar-refractivity contribution in [1.29, 1.82) is 0 Å². The van der Waals surface area contributed by atoms with Gasteiger partial charge in [0, 0.05) is 17.1 Å². The standard InChI is InChI=1S/C23H30ClN3O4S/c1-17(22(29)25-23(2,3)4)26(15-18-10-9-11-19(24)14-18)21(28)16-27(32(5,30)31)20-12-7-6-8-13-20/h6-14,17H,15-16H2,1-5H3,(H,25,29)/t17-/m0/s1. The van der Waals surface area contributed by atoms with Gasteiger partial charge < -0.3 is 10.2 Å². The Morgan fingerprint density at radius 2 is 1.69 bits per heavy atom. The van der Waals surface area contributed by atoms with E-state index in [-0.39, 0.29) is 12.5 Å². The van der Waals surface area contributed by atoms with Crippen LogP contribution in [0.15, 0.2) is 54.6 Å². The third kappa shape index (κ3) is 7.53. The van der Waals surface area contributed by atoms with E-state index in [1.165, 1.54) is 4.90 Å². The molecule has 1 atom stereocenters. The molecule has 2 aromatic rings. The van der Waals surface area contributed by atoms with Crippen LogP contribution in [0.5, 0.6) is 0 Å². The second kappa shape index (κ2) is 10.4. The molecule has 0 heterocycles. The molecule has 7 nitrogen and oxygen atoms in total. The SMILES string of the molecule is C[C@@H](C(=O)NC(C)(C)C)N(Cc1cccc(Cl)c1)C(=O)CN(c1ccccc1)S(C)(=O)=O. The average molecular weight is 480 g/mol. The lowest BCUT2D eigenvalue weighted by molar-refractivity contribution is -0.140. The number of carbonyl (C=O) groups is 2. The van der Waals surface area contributed by atoms with Crippen LogP contribution in [0, 0.1) is 0 Å². The maximum absolute atomic E-state index is 13.4. The Morgan fingerprint density at radius 1 is 1.06 bits per heavy atom. The predicted octanol–water partition coefficient (Wildman–Crippen LogP) is 3.44. The van der Waals surface area contributed by atoms with Crippen molar-refractivity contribution < 1.29 is 18.0 Å². The Morgan fingerprint density at radius 3 is 2.22 bits per heavy atom. The summed E-state index contributed by atoms with van der Waals surface area (Å²) in [7, 11) is -3.74. The molecule has 0 bridgehead atoms. The van der Waals surface area contributed by atoms with E-state index in [2.05, 4.69) is 5.32 Å². The lowest BCUT2D eigenvalue weighted by Gasteiger charge is -2.33. The summed E-state index contributed by atoms with van der Waals surface area (Å²) in [5.74, 6) is -0.839. The Labute approximate surface area is 195 Å². The first-order chi connectivity index (χ1) is 14.8. The van der Waals surface area contributed by atoms with E-state index in [0.29, 0.717) is 10.7 Å². The molecule has 0 spiro atoms. The van der Waals surface area contributed by atoms with Gasteiger partial charge in [0.2, 0.25) is 21.8 Å². The van der Waals surface area contributed by atoms with Crippen LogP contribution in [0.1, 0.15) is 33.3 Å². The molecular weight excluding hydrogens is 450 g/mol. The predicted molar refractivity (Wildman–Crippen MR) is 128 cm³/mol. The number of benzene rings is 2. The molecule has 2 aromatic carbocycles. The normalized spacial score (nSPS) is 12.7. The molecule has 0 unspecified atom stereocenters. The van der Waals surface area contributed by atoms with Gasteiger partial charge in [0.25, 0.3) is 0 Å². The van der Waals surface area contributed by atoms with Crippen molar-refractivity contribution in [3.05, 3.63) is 65.2 Å². The van der Waals surface area contributed by atoms with Gasteiger partial charge in [-0.2, -0.15) is 0 Å². The van der Waals surface area contributed by atoms with Gasteiger partial charge in [-0.25, -0.2) is 8.42 Å². The molecule has 0 saturated heterocycles. The Balaban J connectivity index is 2.38. The minimum atomic E-state index is -3.74. The summed E-state index contributed by atoms with van der Waals surface area (Å²) in [6, 6.07) is 14.5. The number of hydrogen-bond acceptors (Lipinski definition) is 4. The number of carbonyl (C=O) groups excluding carboxylic acids is 2. The van der Waals surface area contributed by atoms with Crippen LogP contribution in [0.3, 0.4) is 0 Å². The molecule has 0 aliphatic rings. The van der Waals surface area contributed by atoms with Gasteiger partial charge >= 0.3 is 0 Å². The molecule has 0 saturated carbocycles. The van der Waals surface area contributed by atoms with Crippen molar-refractivity contribution in [2.24, 2.45) is 0 Å². The first-order valence-electron chi connectivity index (χ1n) is 10.2. The number of sulfonamides is 1. The maximum atomic E-state index is 13.4. The van der Waals surface area contributed by atoms with Crippen molar-refractivity contribution in [3.8, 4) is 0 Å². The van der Waals surface area contributed by atoms with Crippen LogP contribution >= 0.6 is 11.6 Å². The van der Waals surface area contributed by atoms with Gasteiger partial charge in [0.15, 0.2) is 0 Å². The Hall–Kier alpha value is -2.58. The van der Waals surface area contributed by atoms with Gasteiger partial charge in [-0.3, -0.25) is 13.9 Å². The lowest BCUT2D eigenvalue weighted by atomic mass is 10.1. The highest BCUT2D eigenvalue weighted by Crippen LogP contribution is 2.19. The molecule has 0 radical (unpaired) electrons. The number of halogens is 1. The summed E-state index contributed by atoms with van der Waals surface area (Å²) >= 11 is 6.09. The molecule has 174 valence electrons. The van der Waals surface area contributed by atoms with E-state index < -0.39 is 34.1 Å². The van der Waals surface area contributed by atoms with Gasteiger partial charge in [0.05, 0.1) is 11.9 Å². The molecule has 0 aliphatic heterocycles. The quantitative estimate of drug-likeness (QED) is 0.628. The number of amides is 2. The fourth-order valence-corrected chi connectivity index (χ4v) is 4.16. The van der Waals surface area contributed by atoms with E-state index in [0.717, 1.165) is 16.1 Å². The van der Waals surface area contributed by atoms with Crippen molar-refractivity contribution in [3.63, 3.8) is 0 Å². The summed E-state index contributed by atoms with van der Waals surface area (Å²) in [6.45, 7) is 6.84. The van der Waals surface area contributed by atoms with E-state index in [1.54, 1.807) is 61.5 Å². The second-order valence-electron chi connectivity index (χ2n) is 8.67. The molecule has 32 heavy (non-hydrogen) atoms. The minimum absolute atomic E-state index is 0.102.